The van der Waals surface area contributed by atoms with E-state index in [1.165, 1.54) is 154 Å². The Hall–Kier alpha value is -5.02. The summed E-state index contributed by atoms with van der Waals surface area (Å²) in [6, 6.07) is 71.8. The molecule has 0 N–H and O–H groups in total. The molecule has 0 saturated carbocycles. The Bertz CT molecular complexity index is 3670. The number of rotatable bonds is 8. The number of aryl methyl sites for hydroxylation is 12. The number of hydrogen-bond donors (Lipinski definition) is 0. The minimum atomic E-state index is 0. The Kier molecular flexibility index (Phi) is 28.4. The van der Waals surface area contributed by atoms with Crippen LogP contribution in [0.25, 0.3) is 87.6 Å². The fraction of sp³-hybridized carbons (Fsp3) is 0.250. The number of fused-ring (bicyclic) bond motifs is 4. The van der Waals surface area contributed by atoms with Crippen LogP contribution in [-0.4, -0.2) is 10.9 Å². The van der Waals surface area contributed by atoms with E-state index < -0.39 is 0 Å². The van der Waals surface area contributed by atoms with Gasteiger partial charge < -0.3 is 24.8 Å². The molecule has 440 valence electrons. The molecule has 0 bridgehead atoms. The van der Waals surface area contributed by atoms with Gasteiger partial charge in [-0.1, -0.05) is 169 Å². The molecule has 0 aliphatic heterocycles. The molecule has 0 unspecified atom stereocenters. The van der Waals surface area contributed by atoms with Gasteiger partial charge in [0.2, 0.25) is 0 Å². The maximum atomic E-state index is 2.34. The van der Waals surface area contributed by atoms with E-state index in [0.717, 1.165) is 25.7 Å². The van der Waals surface area contributed by atoms with Crippen LogP contribution in [0, 0.1) is 55.4 Å². The number of hydrogen-bond acceptors (Lipinski definition) is 0. The van der Waals surface area contributed by atoms with E-state index in [9.17, 15) is 0 Å². The zero-order valence-electron chi connectivity index (χ0n) is 54.1. The number of benzene rings is 8. The molecule has 0 heterocycles. The summed E-state index contributed by atoms with van der Waals surface area (Å²) in [7, 11) is 0. The Balaban J connectivity index is 0.000000199. The first-order chi connectivity index (χ1) is 40.2. The molecule has 0 aliphatic carbocycles. The van der Waals surface area contributed by atoms with Gasteiger partial charge in [0.05, 0.1) is 0 Å². The Morgan fingerprint density at radius 3 is 0.640 bits per heavy atom. The molecule has 12 aromatic carbocycles. The SMILES string of the molecule is CCc1cc2c(-c3cc(C)ccc3C)cccc2[cH-]1.CCc1cc2c(-c3cc(C)ccc3C)cccc2[cH-]1.CCc1cc2c(-c3cc(C)ccc3C)cccc2[cH-]1.CCc1cc2c(-c3cc(C)ccc3C)cccc2[cH-]1.C[Si](C)=[Zr+2].C[Si](C)=[Zr+2].[Cl-].[Cl-]. The zero-order valence-corrected chi connectivity index (χ0v) is 62.5. The van der Waals surface area contributed by atoms with Gasteiger partial charge in [0.15, 0.2) is 0 Å². The van der Waals surface area contributed by atoms with Gasteiger partial charge in [-0.25, -0.2) is 0 Å². The molecule has 12 rings (SSSR count). The van der Waals surface area contributed by atoms with Crippen molar-refractivity contribution in [3.8, 4) is 44.5 Å². The van der Waals surface area contributed by atoms with Crippen LogP contribution in [0.15, 0.2) is 194 Å². The molecule has 0 saturated heterocycles. The normalized spacial score (nSPS) is 10.5. The third kappa shape index (κ3) is 19.0. The average molecular weight is 1360 g/mol. The van der Waals surface area contributed by atoms with E-state index in [1.807, 2.05) is 0 Å². The monoisotopic (exact) mass is 1350 g/mol. The van der Waals surface area contributed by atoms with Crippen molar-refractivity contribution >= 4 is 54.0 Å². The fourth-order valence-corrected chi connectivity index (χ4v) is 11.0. The van der Waals surface area contributed by atoms with Gasteiger partial charge in [0.25, 0.3) is 0 Å². The van der Waals surface area contributed by atoms with Gasteiger partial charge in [-0.05, 0) is 126 Å². The van der Waals surface area contributed by atoms with Crippen LogP contribution in [0.1, 0.15) is 94.5 Å². The van der Waals surface area contributed by atoms with E-state index in [-0.39, 0.29) is 35.7 Å². The quantitative estimate of drug-likeness (QED) is 0.105. The Labute approximate surface area is 560 Å². The standard InChI is InChI=1S/4C19H19.2C2H6Si.2ClH.2Zr/c4*1-4-15-11-16-6-5-7-17(19(16)12-15)18-10-13(2)8-9-14(18)3;2*1-3-2;;;;/h4*5-12H,4H2,1-3H3;2*1-2H3;2*1H;;/q4*-1;;;;;2*+2/p-2. The predicted octanol–water partition coefficient (Wildman–Crippen LogP) is 17.2. The van der Waals surface area contributed by atoms with Gasteiger partial charge >= 0.3 is 83.7 Å². The molecular formula is C80H88Cl2Si2Zr2-2. The van der Waals surface area contributed by atoms with E-state index in [2.05, 4.69) is 303 Å². The molecule has 86 heavy (non-hydrogen) atoms. The van der Waals surface area contributed by atoms with E-state index >= 15 is 0 Å². The summed E-state index contributed by atoms with van der Waals surface area (Å²) in [5.41, 5.74) is 27.7. The molecule has 0 nitrogen and oxygen atoms in total. The van der Waals surface area contributed by atoms with Crippen LogP contribution in [0.2, 0.25) is 26.2 Å². The molecule has 0 spiro atoms. The molecule has 0 aliphatic rings. The first kappa shape index (κ1) is 71.7. The van der Waals surface area contributed by atoms with Crippen molar-refractivity contribution in [2.24, 2.45) is 0 Å². The summed E-state index contributed by atoms with van der Waals surface area (Å²) < 4.78 is 0. The second-order valence-electron chi connectivity index (χ2n) is 23.4. The van der Waals surface area contributed by atoms with Crippen molar-refractivity contribution in [3.63, 3.8) is 0 Å². The van der Waals surface area contributed by atoms with Crippen molar-refractivity contribution in [2.45, 2.75) is 135 Å². The number of halogens is 2. The van der Waals surface area contributed by atoms with Crippen LogP contribution >= 0.6 is 0 Å². The van der Waals surface area contributed by atoms with Gasteiger partial charge in [-0.2, -0.15) is 24.3 Å². The molecule has 0 radical (unpaired) electrons. The Morgan fingerprint density at radius 2 is 0.465 bits per heavy atom. The predicted molar refractivity (Wildman–Crippen MR) is 370 cm³/mol. The molecular weight excluding hydrogens is 1270 g/mol. The summed E-state index contributed by atoms with van der Waals surface area (Å²) in [6.07, 6.45) is 4.39. The average Bonchev–Trinajstić information content (AvgIpc) is 3.95. The van der Waals surface area contributed by atoms with Crippen molar-refractivity contribution in [3.05, 3.63) is 261 Å². The van der Waals surface area contributed by atoms with E-state index in [4.69, 9.17) is 0 Å². The molecule has 12 aromatic rings. The van der Waals surface area contributed by atoms with Gasteiger partial charge in [-0.3, -0.25) is 0 Å². The van der Waals surface area contributed by atoms with Crippen molar-refractivity contribution < 1.29 is 71.5 Å². The maximum Gasteiger partial charge on any atom is -1.00 e. The fourth-order valence-electron chi connectivity index (χ4n) is 11.0. The molecule has 6 heteroatoms. The van der Waals surface area contributed by atoms with Gasteiger partial charge in [0, 0.05) is 0 Å². The minimum Gasteiger partial charge on any atom is -1.00 e. The van der Waals surface area contributed by atoms with Crippen LogP contribution in [0.3, 0.4) is 0 Å². The Morgan fingerprint density at radius 1 is 0.279 bits per heavy atom. The van der Waals surface area contributed by atoms with Gasteiger partial charge in [-0.15, -0.1) is 138 Å². The van der Waals surface area contributed by atoms with Crippen LogP contribution in [0.5, 0.6) is 0 Å². The summed E-state index contributed by atoms with van der Waals surface area (Å²) in [6.45, 7) is 35.5. The van der Waals surface area contributed by atoms with Crippen molar-refractivity contribution in [1.29, 1.82) is 0 Å². The third-order valence-corrected chi connectivity index (χ3v) is 15.6. The first-order valence-corrected chi connectivity index (χ1v) is 42.7. The van der Waals surface area contributed by atoms with Crippen LogP contribution in [-0.2, 0) is 72.4 Å². The molecule has 0 aromatic heterocycles. The first-order valence-electron chi connectivity index (χ1n) is 30.3. The summed E-state index contributed by atoms with van der Waals surface area (Å²) in [5, 5.41) is 11.0. The minimum absolute atomic E-state index is 0. The largest absolute Gasteiger partial charge is 1.00 e. The second kappa shape index (κ2) is 34.1. The smallest absolute Gasteiger partial charge is 1.00 e. The molecule has 0 fully saturated rings. The van der Waals surface area contributed by atoms with Crippen LogP contribution < -0.4 is 24.8 Å². The summed E-state index contributed by atoms with van der Waals surface area (Å²) in [4.78, 5) is 0. The molecule has 0 atom stereocenters. The molecule has 0 amide bonds. The topological polar surface area (TPSA) is 0 Å². The maximum absolute atomic E-state index is 2.34. The van der Waals surface area contributed by atoms with Crippen molar-refractivity contribution in [2.75, 3.05) is 0 Å². The van der Waals surface area contributed by atoms with E-state index in [0.29, 0.717) is 0 Å². The zero-order chi connectivity index (χ0) is 60.8. The van der Waals surface area contributed by atoms with Crippen LogP contribution in [0.4, 0.5) is 0 Å². The summed E-state index contributed by atoms with van der Waals surface area (Å²) >= 11 is 3.48. The second-order valence-corrected chi connectivity index (χ2v) is 42.1. The van der Waals surface area contributed by atoms with Gasteiger partial charge in [0.1, 0.15) is 0 Å². The van der Waals surface area contributed by atoms with Crippen molar-refractivity contribution in [1.82, 2.24) is 0 Å². The van der Waals surface area contributed by atoms with E-state index in [1.54, 1.807) is 46.7 Å². The third-order valence-electron chi connectivity index (χ3n) is 15.6. The summed E-state index contributed by atoms with van der Waals surface area (Å²) in [5.74, 6) is 0.